The molecule has 0 unspecified atom stereocenters. The van der Waals surface area contributed by atoms with Crippen LogP contribution in [-0.4, -0.2) is 9.55 Å². The van der Waals surface area contributed by atoms with Crippen LogP contribution in [-0.2, 0) is 6.54 Å². The van der Waals surface area contributed by atoms with Crippen molar-refractivity contribution in [2.45, 2.75) is 26.3 Å². The number of halogens is 1. The molecule has 14 heavy (non-hydrogen) atoms. The van der Waals surface area contributed by atoms with Gasteiger partial charge in [0.15, 0.2) is 5.82 Å². The third-order valence-corrected chi connectivity index (χ3v) is 2.35. The summed E-state index contributed by atoms with van der Waals surface area (Å²) in [5, 5.41) is 0. The maximum Gasteiger partial charge on any atom is 0.151 e. The van der Waals surface area contributed by atoms with Crippen molar-refractivity contribution in [3.8, 4) is 0 Å². The first-order valence-corrected chi connectivity index (χ1v) is 4.92. The number of aromatic nitrogens is 2. The maximum atomic E-state index is 13.2. The Bertz CT molecular complexity index is 434. The number of para-hydroxylation sites is 1. The molecule has 1 aromatic heterocycles. The number of benzene rings is 1. The first-order chi connectivity index (χ1) is 6.83. The summed E-state index contributed by atoms with van der Waals surface area (Å²) >= 11 is 0. The van der Waals surface area contributed by atoms with E-state index in [4.69, 9.17) is 0 Å². The predicted octanol–water partition coefficient (Wildman–Crippen LogP) is 2.98. The lowest BCUT2D eigenvalue weighted by molar-refractivity contribution is 0.636. The molecule has 2 nitrogen and oxygen atoms in total. The van der Waals surface area contributed by atoms with Gasteiger partial charge in [0.25, 0.3) is 0 Å². The quantitative estimate of drug-likeness (QED) is 0.731. The fourth-order valence-corrected chi connectivity index (χ4v) is 1.56. The maximum absolute atomic E-state index is 13.2. The second-order valence-electron chi connectivity index (χ2n) is 3.40. The van der Waals surface area contributed by atoms with Gasteiger partial charge in [-0.2, -0.15) is 0 Å². The van der Waals surface area contributed by atoms with Crippen molar-refractivity contribution in [2.75, 3.05) is 0 Å². The third-order valence-electron chi connectivity index (χ3n) is 2.35. The van der Waals surface area contributed by atoms with Gasteiger partial charge in [-0.25, -0.2) is 9.37 Å². The summed E-state index contributed by atoms with van der Waals surface area (Å²) in [5.41, 5.74) is 1.36. The first-order valence-electron chi connectivity index (χ1n) is 4.92. The number of unbranched alkanes of at least 4 members (excludes halogenated alkanes) is 1. The van der Waals surface area contributed by atoms with Crippen LogP contribution in [0.25, 0.3) is 11.0 Å². The fourth-order valence-electron chi connectivity index (χ4n) is 1.56. The predicted molar refractivity (Wildman–Crippen MR) is 54.6 cm³/mol. The molecule has 0 saturated carbocycles. The minimum atomic E-state index is -0.238. The van der Waals surface area contributed by atoms with E-state index < -0.39 is 0 Å². The number of fused-ring (bicyclic) bond motifs is 1. The van der Waals surface area contributed by atoms with Crippen molar-refractivity contribution in [1.29, 1.82) is 0 Å². The zero-order chi connectivity index (χ0) is 9.97. The van der Waals surface area contributed by atoms with Crippen molar-refractivity contribution in [2.24, 2.45) is 0 Å². The van der Waals surface area contributed by atoms with Crippen molar-refractivity contribution in [1.82, 2.24) is 9.55 Å². The van der Waals surface area contributed by atoms with E-state index >= 15 is 0 Å². The van der Waals surface area contributed by atoms with Crippen molar-refractivity contribution < 1.29 is 4.39 Å². The summed E-state index contributed by atoms with van der Waals surface area (Å²) in [4.78, 5) is 4.06. The average molecular weight is 192 g/mol. The van der Waals surface area contributed by atoms with E-state index in [0.29, 0.717) is 5.52 Å². The molecule has 0 radical (unpaired) electrons. The van der Waals surface area contributed by atoms with Gasteiger partial charge in [-0.1, -0.05) is 19.4 Å². The molecule has 0 saturated heterocycles. The van der Waals surface area contributed by atoms with Crippen LogP contribution in [0.4, 0.5) is 4.39 Å². The molecule has 3 heteroatoms. The van der Waals surface area contributed by atoms with E-state index in [9.17, 15) is 4.39 Å². The largest absolute Gasteiger partial charge is 0.331 e. The normalized spacial score (nSPS) is 11.0. The summed E-state index contributed by atoms with van der Waals surface area (Å²) in [6.07, 6.45) is 3.94. The molecule has 0 spiro atoms. The van der Waals surface area contributed by atoms with Gasteiger partial charge in [0.2, 0.25) is 0 Å². The van der Waals surface area contributed by atoms with Crippen molar-refractivity contribution >= 4 is 11.0 Å². The van der Waals surface area contributed by atoms with Crippen LogP contribution in [0.1, 0.15) is 19.8 Å². The summed E-state index contributed by atoms with van der Waals surface area (Å²) < 4.78 is 15.2. The first kappa shape index (κ1) is 9.19. The molecule has 2 rings (SSSR count). The van der Waals surface area contributed by atoms with E-state index in [1.54, 1.807) is 12.4 Å². The van der Waals surface area contributed by atoms with Crippen molar-refractivity contribution in [3.63, 3.8) is 0 Å². The Morgan fingerprint density at radius 3 is 3.07 bits per heavy atom. The molecule has 0 N–H and O–H groups in total. The van der Waals surface area contributed by atoms with Crippen LogP contribution >= 0.6 is 0 Å². The van der Waals surface area contributed by atoms with Gasteiger partial charge in [0.1, 0.15) is 5.52 Å². The monoisotopic (exact) mass is 192 g/mol. The van der Waals surface area contributed by atoms with Crippen LogP contribution in [0, 0.1) is 5.82 Å². The van der Waals surface area contributed by atoms with Crippen LogP contribution in [0.5, 0.6) is 0 Å². The molecule has 0 aliphatic heterocycles. The Hall–Kier alpha value is -1.38. The highest BCUT2D eigenvalue weighted by Gasteiger charge is 2.05. The minimum absolute atomic E-state index is 0.238. The van der Waals surface area contributed by atoms with Gasteiger partial charge in [-0.3, -0.25) is 0 Å². The number of aryl methyl sites for hydroxylation is 1. The second kappa shape index (κ2) is 3.78. The number of rotatable bonds is 3. The topological polar surface area (TPSA) is 17.8 Å². The molecule has 0 bridgehead atoms. The van der Waals surface area contributed by atoms with Gasteiger partial charge in [0, 0.05) is 6.54 Å². The van der Waals surface area contributed by atoms with Crippen LogP contribution in [0.15, 0.2) is 24.5 Å². The molecule has 1 heterocycles. The zero-order valence-electron chi connectivity index (χ0n) is 8.20. The van der Waals surface area contributed by atoms with Crippen molar-refractivity contribution in [3.05, 3.63) is 30.3 Å². The van der Waals surface area contributed by atoms with Gasteiger partial charge in [-0.15, -0.1) is 0 Å². The van der Waals surface area contributed by atoms with E-state index in [0.717, 1.165) is 24.9 Å². The number of imidazole rings is 1. The lowest BCUT2D eigenvalue weighted by atomic mass is 10.3. The Balaban J connectivity index is 2.42. The molecule has 0 atom stereocenters. The second-order valence-corrected chi connectivity index (χ2v) is 3.40. The Morgan fingerprint density at radius 1 is 1.43 bits per heavy atom. The van der Waals surface area contributed by atoms with Gasteiger partial charge >= 0.3 is 0 Å². The molecule has 0 aliphatic carbocycles. The lowest BCUT2D eigenvalue weighted by Gasteiger charge is -2.01. The van der Waals surface area contributed by atoms with Crippen LogP contribution in [0.2, 0.25) is 0 Å². The van der Waals surface area contributed by atoms with Gasteiger partial charge in [-0.05, 0) is 18.6 Å². The number of hydrogen-bond donors (Lipinski definition) is 0. The Morgan fingerprint density at radius 2 is 2.29 bits per heavy atom. The van der Waals surface area contributed by atoms with E-state index in [1.807, 2.05) is 10.6 Å². The molecular weight excluding hydrogens is 179 g/mol. The molecule has 1 aromatic carbocycles. The van der Waals surface area contributed by atoms with E-state index in [-0.39, 0.29) is 5.82 Å². The standard InChI is InChI=1S/C11H13FN2/c1-2-3-7-14-8-13-11-9(12)5-4-6-10(11)14/h4-6,8H,2-3,7H2,1H3. The van der Waals surface area contributed by atoms with Gasteiger partial charge in [0.05, 0.1) is 11.8 Å². The molecule has 0 aliphatic rings. The summed E-state index contributed by atoms with van der Waals surface area (Å²) in [5.74, 6) is -0.238. The third kappa shape index (κ3) is 1.50. The number of nitrogens with zero attached hydrogens (tertiary/aromatic N) is 2. The fraction of sp³-hybridized carbons (Fsp3) is 0.364. The molecule has 74 valence electrons. The highest BCUT2D eigenvalue weighted by atomic mass is 19.1. The molecule has 2 aromatic rings. The van der Waals surface area contributed by atoms with Crippen LogP contribution in [0.3, 0.4) is 0 Å². The van der Waals surface area contributed by atoms with Gasteiger partial charge < -0.3 is 4.57 Å². The SMILES string of the molecule is CCCCn1cnc2c(F)cccc21. The Labute approximate surface area is 82.4 Å². The van der Waals surface area contributed by atoms with E-state index in [1.165, 1.54) is 6.07 Å². The average Bonchev–Trinajstić information content (AvgIpc) is 2.60. The Kier molecular flexibility index (Phi) is 2.48. The highest BCUT2D eigenvalue weighted by Crippen LogP contribution is 2.16. The summed E-state index contributed by atoms with van der Waals surface area (Å²) in [6, 6.07) is 5.07. The minimum Gasteiger partial charge on any atom is -0.331 e. The van der Waals surface area contributed by atoms with E-state index in [2.05, 4.69) is 11.9 Å². The smallest absolute Gasteiger partial charge is 0.151 e. The summed E-state index contributed by atoms with van der Waals surface area (Å²) in [6.45, 7) is 3.05. The summed E-state index contributed by atoms with van der Waals surface area (Å²) in [7, 11) is 0. The lowest BCUT2D eigenvalue weighted by Crippen LogP contribution is -1.95. The highest BCUT2D eigenvalue weighted by molar-refractivity contribution is 5.75. The number of hydrogen-bond acceptors (Lipinski definition) is 1. The molecular formula is C11H13FN2. The zero-order valence-corrected chi connectivity index (χ0v) is 8.20. The molecule has 0 amide bonds. The molecule has 0 fully saturated rings. The van der Waals surface area contributed by atoms with Crippen LogP contribution < -0.4 is 0 Å².